The first-order valence-corrected chi connectivity index (χ1v) is 10.3. The SMILES string of the molecule is CC(C)(C)OC(=O)NCCC(=O)c1cccc(N(CCCc2ccccc2)C(=O)O)c1. The number of rotatable bonds is 9. The second-order valence-corrected chi connectivity index (χ2v) is 8.18. The highest BCUT2D eigenvalue weighted by Gasteiger charge is 2.18. The van der Waals surface area contributed by atoms with E-state index in [0.29, 0.717) is 24.2 Å². The normalized spacial score (nSPS) is 10.9. The van der Waals surface area contributed by atoms with Crippen molar-refractivity contribution in [2.75, 3.05) is 18.0 Å². The van der Waals surface area contributed by atoms with E-state index in [9.17, 15) is 19.5 Å². The molecule has 0 aromatic heterocycles. The highest BCUT2D eigenvalue weighted by Crippen LogP contribution is 2.19. The van der Waals surface area contributed by atoms with Crippen molar-refractivity contribution in [3.63, 3.8) is 0 Å². The van der Waals surface area contributed by atoms with E-state index in [1.54, 1.807) is 45.0 Å². The molecule has 0 aliphatic rings. The monoisotopic (exact) mass is 426 g/mol. The number of ketones is 1. The van der Waals surface area contributed by atoms with Gasteiger partial charge in [-0.05, 0) is 51.3 Å². The molecule has 0 aliphatic carbocycles. The van der Waals surface area contributed by atoms with Crippen LogP contribution in [-0.2, 0) is 11.2 Å². The molecular weight excluding hydrogens is 396 g/mol. The second kappa shape index (κ2) is 11.2. The van der Waals surface area contributed by atoms with E-state index >= 15 is 0 Å². The van der Waals surface area contributed by atoms with Crippen LogP contribution in [0.2, 0.25) is 0 Å². The van der Waals surface area contributed by atoms with Crippen LogP contribution in [-0.4, -0.2) is 41.8 Å². The third-order valence-corrected chi connectivity index (χ3v) is 4.42. The fraction of sp³-hybridized carbons (Fsp3) is 0.375. The number of nitrogens with one attached hydrogen (secondary N) is 1. The molecule has 7 nitrogen and oxygen atoms in total. The lowest BCUT2D eigenvalue weighted by Crippen LogP contribution is -2.33. The molecule has 2 N–H and O–H groups in total. The number of nitrogens with zero attached hydrogens (tertiary/aromatic N) is 1. The predicted molar refractivity (Wildman–Crippen MR) is 120 cm³/mol. The minimum absolute atomic E-state index is 0.0871. The molecule has 0 bridgehead atoms. The van der Waals surface area contributed by atoms with Crippen molar-refractivity contribution >= 4 is 23.7 Å². The van der Waals surface area contributed by atoms with Crippen molar-refractivity contribution in [3.05, 3.63) is 65.7 Å². The molecule has 2 amide bonds. The summed E-state index contributed by atoms with van der Waals surface area (Å²) in [5.41, 5.74) is 1.39. The van der Waals surface area contributed by atoms with Crippen LogP contribution in [0.25, 0.3) is 0 Å². The lowest BCUT2D eigenvalue weighted by atomic mass is 10.1. The van der Waals surface area contributed by atoms with E-state index in [1.165, 1.54) is 4.90 Å². The Labute approximate surface area is 183 Å². The number of amides is 2. The third kappa shape index (κ3) is 8.50. The molecule has 0 fully saturated rings. The Bertz CT molecular complexity index is 890. The molecular formula is C24H30N2O5. The summed E-state index contributed by atoms with van der Waals surface area (Å²) in [5, 5.41) is 12.2. The number of ether oxygens (including phenoxy) is 1. The first kappa shape index (κ1) is 23.9. The van der Waals surface area contributed by atoms with Gasteiger partial charge in [-0.1, -0.05) is 42.5 Å². The average Bonchev–Trinajstić information content (AvgIpc) is 2.70. The zero-order valence-corrected chi connectivity index (χ0v) is 18.3. The van der Waals surface area contributed by atoms with Crippen LogP contribution in [0, 0.1) is 0 Å². The number of carbonyl (C=O) groups is 3. The van der Waals surface area contributed by atoms with Gasteiger partial charge in [-0.3, -0.25) is 9.69 Å². The highest BCUT2D eigenvalue weighted by atomic mass is 16.6. The summed E-state index contributed by atoms with van der Waals surface area (Å²) in [6.45, 7) is 5.74. The molecule has 2 rings (SSSR count). The van der Waals surface area contributed by atoms with Gasteiger partial charge in [0.05, 0.1) is 0 Å². The lowest BCUT2D eigenvalue weighted by Gasteiger charge is -2.20. The minimum atomic E-state index is -1.07. The van der Waals surface area contributed by atoms with E-state index in [4.69, 9.17) is 4.74 Å². The zero-order chi connectivity index (χ0) is 22.9. The van der Waals surface area contributed by atoms with Gasteiger partial charge in [-0.15, -0.1) is 0 Å². The Kier molecular flexibility index (Phi) is 8.61. The number of anilines is 1. The number of aryl methyl sites for hydroxylation is 1. The molecule has 0 atom stereocenters. The zero-order valence-electron chi connectivity index (χ0n) is 18.3. The smallest absolute Gasteiger partial charge is 0.411 e. The summed E-state index contributed by atoms with van der Waals surface area (Å²) in [5.74, 6) is -0.187. The maximum absolute atomic E-state index is 12.5. The lowest BCUT2D eigenvalue weighted by molar-refractivity contribution is 0.0527. The molecule has 2 aromatic rings. The summed E-state index contributed by atoms with van der Waals surface area (Å²) in [6, 6.07) is 16.4. The van der Waals surface area contributed by atoms with E-state index in [2.05, 4.69) is 5.32 Å². The van der Waals surface area contributed by atoms with Gasteiger partial charge in [-0.25, -0.2) is 9.59 Å². The summed E-state index contributed by atoms with van der Waals surface area (Å²) >= 11 is 0. The van der Waals surface area contributed by atoms with E-state index in [0.717, 1.165) is 12.0 Å². The van der Waals surface area contributed by atoms with Gasteiger partial charge in [0, 0.05) is 30.8 Å². The first-order valence-electron chi connectivity index (χ1n) is 10.3. The fourth-order valence-corrected chi connectivity index (χ4v) is 3.01. The Morgan fingerprint density at radius 3 is 2.39 bits per heavy atom. The Balaban J connectivity index is 1.93. The molecule has 0 radical (unpaired) electrons. The minimum Gasteiger partial charge on any atom is -0.465 e. The van der Waals surface area contributed by atoms with Crippen LogP contribution in [0.1, 0.15) is 49.5 Å². The number of carbonyl (C=O) groups excluding carboxylic acids is 2. The first-order chi connectivity index (χ1) is 14.7. The third-order valence-electron chi connectivity index (χ3n) is 4.42. The molecule has 0 unspecified atom stereocenters. The number of benzene rings is 2. The van der Waals surface area contributed by atoms with Gasteiger partial charge in [-0.2, -0.15) is 0 Å². The van der Waals surface area contributed by atoms with Gasteiger partial charge in [0.25, 0.3) is 0 Å². The van der Waals surface area contributed by atoms with Crippen LogP contribution in [0.15, 0.2) is 54.6 Å². The average molecular weight is 427 g/mol. The van der Waals surface area contributed by atoms with Crippen LogP contribution in [0.4, 0.5) is 15.3 Å². The molecule has 0 spiro atoms. The fourth-order valence-electron chi connectivity index (χ4n) is 3.01. The predicted octanol–water partition coefficient (Wildman–Crippen LogP) is 4.90. The molecule has 0 saturated heterocycles. The van der Waals surface area contributed by atoms with Crippen molar-refractivity contribution in [3.8, 4) is 0 Å². The summed E-state index contributed by atoms with van der Waals surface area (Å²) in [6.07, 6.45) is -0.133. The molecule has 0 aliphatic heterocycles. The number of alkyl carbamates (subject to hydrolysis) is 1. The van der Waals surface area contributed by atoms with Crippen molar-refractivity contribution in [2.45, 2.75) is 45.6 Å². The summed E-state index contributed by atoms with van der Waals surface area (Å²) in [7, 11) is 0. The number of Topliss-reactive ketones (excluding diaryl/α,β-unsaturated/α-hetero) is 1. The van der Waals surface area contributed by atoms with Crippen LogP contribution >= 0.6 is 0 Å². The van der Waals surface area contributed by atoms with Crippen molar-refractivity contribution in [1.82, 2.24) is 5.32 Å². The molecule has 166 valence electrons. The van der Waals surface area contributed by atoms with Crippen molar-refractivity contribution in [2.24, 2.45) is 0 Å². The van der Waals surface area contributed by atoms with Gasteiger partial charge in [0.1, 0.15) is 5.60 Å². The van der Waals surface area contributed by atoms with Gasteiger partial charge in [0.15, 0.2) is 5.78 Å². The molecule has 2 aromatic carbocycles. The van der Waals surface area contributed by atoms with Gasteiger partial charge >= 0.3 is 12.2 Å². The molecule has 31 heavy (non-hydrogen) atoms. The van der Waals surface area contributed by atoms with E-state index in [-0.39, 0.29) is 18.7 Å². The maximum atomic E-state index is 12.5. The number of hydrogen-bond acceptors (Lipinski definition) is 4. The van der Waals surface area contributed by atoms with Crippen molar-refractivity contribution in [1.29, 1.82) is 0 Å². The Morgan fingerprint density at radius 2 is 1.74 bits per heavy atom. The quantitative estimate of drug-likeness (QED) is 0.556. The van der Waals surface area contributed by atoms with Crippen LogP contribution in [0.3, 0.4) is 0 Å². The maximum Gasteiger partial charge on any atom is 0.411 e. The Hall–Kier alpha value is -3.35. The second-order valence-electron chi connectivity index (χ2n) is 8.18. The molecule has 0 heterocycles. The highest BCUT2D eigenvalue weighted by molar-refractivity contribution is 5.98. The van der Waals surface area contributed by atoms with Crippen LogP contribution in [0.5, 0.6) is 0 Å². The number of hydrogen-bond donors (Lipinski definition) is 2. The summed E-state index contributed by atoms with van der Waals surface area (Å²) < 4.78 is 5.14. The topological polar surface area (TPSA) is 95.9 Å². The molecule has 0 saturated carbocycles. The van der Waals surface area contributed by atoms with Gasteiger partial charge < -0.3 is 15.2 Å². The van der Waals surface area contributed by atoms with Crippen molar-refractivity contribution < 1.29 is 24.2 Å². The van der Waals surface area contributed by atoms with E-state index in [1.807, 2.05) is 30.3 Å². The van der Waals surface area contributed by atoms with Gasteiger partial charge in [0.2, 0.25) is 0 Å². The van der Waals surface area contributed by atoms with E-state index < -0.39 is 17.8 Å². The van der Waals surface area contributed by atoms with Crippen LogP contribution < -0.4 is 10.2 Å². The number of carboxylic acid groups (broad SMARTS) is 1. The largest absolute Gasteiger partial charge is 0.465 e. The Morgan fingerprint density at radius 1 is 1.03 bits per heavy atom. The molecule has 7 heteroatoms. The summed E-state index contributed by atoms with van der Waals surface area (Å²) in [4.78, 5) is 37.2. The standard InChI is InChI=1S/C24H30N2O5/c1-24(2,3)31-22(28)25-15-14-21(27)19-12-7-13-20(17-19)26(23(29)30)16-8-11-18-9-5-4-6-10-18/h4-7,9-10,12-13,17H,8,11,14-16H2,1-3H3,(H,25,28)(H,29,30).